The molecule has 0 aromatic heterocycles. The van der Waals surface area contributed by atoms with Gasteiger partial charge in [-0.1, -0.05) is 6.92 Å². The van der Waals surface area contributed by atoms with Gasteiger partial charge in [0.2, 0.25) is 0 Å². The van der Waals surface area contributed by atoms with Gasteiger partial charge >= 0.3 is 0 Å². The summed E-state index contributed by atoms with van der Waals surface area (Å²) < 4.78 is 0. The Balaban J connectivity index is 2.25. The molecular weight excluding hydrogens is 218 g/mol. The fourth-order valence-corrected chi connectivity index (χ4v) is 2.02. The Labute approximate surface area is 99.9 Å². The molecule has 2 rings (SSSR count). The first-order valence-corrected chi connectivity index (χ1v) is 5.58. The summed E-state index contributed by atoms with van der Waals surface area (Å²) in [5, 5.41) is 10.6. The Kier molecular flexibility index (Phi) is 3.08. The van der Waals surface area contributed by atoms with Crippen molar-refractivity contribution in [1.82, 2.24) is 4.90 Å². The van der Waals surface area contributed by atoms with Crippen LogP contribution in [0.25, 0.3) is 0 Å². The largest absolute Gasteiger partial charge is 0.359 e. The molecule has 1 aromatic rings. The van der Waals surface area contributed by atoms with E-state index in [1.165, 1.54) is 12.1 Å². The number of amidine groups is 1. The van der Waals surface area contributed by atoms with Gasteiger partial charge in [0.1, 0.15) is 5.84 Å². The molecule has 17 heavy (non-hydrogen) atoms. The summed E-state index contributed by atoms with van der Waals surface area (Å²) in [7, 11) is 2.00. The van der Waals surface area contributed by atoms with Crippen LogP contribution < -0.4 is 0 Å². The minimum absolute atomic E-state index is 0.112. The van der Waals surface area contributed by atoms with Gasteiger partial charge in [-0.25, -0.2) is 0 Å². The highest BCUT2D eigenvalue weighted by Crippen LogP contribution is 2.16. The third kappa shape index (κ3) is 2.43. The van der Waals surface area contributed by atoms with Gasteiger partial charge in [0, 0.05) is 37.8 Å². The van der Waals surface area contributed by atoms with Crippen molar-refractivity contribution in [1.29, 1.82) is 0 Å². The Bertz CT molecular complexity index is 453. The van der Waals surface area contributed by atoms with Crippen molar-refractivity contribution in [2.75, 3.05) is 20.1 Å². The number of non-ortho nitro benzene ring substituents is 1. The summed E-state index contributed by atoms with van der Waals surface area (Å²) in [6.45, 7) is 3.94. The molecule has 0 N–H and O–H groups in total. The zero-order chi connectivity index (χ0) is 12.4. The molecule has 5 nitrogen and oxygen atoms in total. The van der Waals surface area contributed by atoms with Crippen molar-refractivity contribution >= 4 is 11.5 Å². The lowest BCUT2D eigenvalue weighted by Gasteiger charge is -2.29. The molecule has 1 atom stereocenters. The van der Waals surface area contributed by atoms with E-state index in [9.17, 15) is 10.1 Å². The fourth-order valence-electron chi connectivity index (χ4n) is 2.02. The molecular formula is C12H15N3O2. The van der Waals surface area contributed by atoms with E-state index in [2.05, 4.69) is 16.8 Å². The van der Waals surface area contributed by atoms with E-state index in [1.54, 1.807) is 12.1 Å². The highest BCUT2D eigenvalue weighted by Gasteiger charge is 2.18. The van der Waals surface area contributed by atoms with Crippen LogP contribution in [0.3, 0.4) is 0 Å². The highest BCUT2D eigenvalue weighted by atomic mass is 16.6. The second-order valence-electron chi connectivity index (χ2n) is 4.45. The quantitative estimate of drug-likeness (QED) is 0.579. The maximum absolute atomic E-state index is 10.6. The lowest BCUT2D eigenvalue weighted by Crippen LogP contribution is -2.37. The number of aliphatic imine (C=N–C) groups is 1. The number of hydrogen-bond acceptors (Lipinski definition) is 4. The molecule has 0 saturated carbocycles. The number of nitro groups is 1. The zero-order valence-corrected chi connectivity index (χ0v) is 9.96. The molecule has 0 amide bonds. The molecule has 1 unspecified atom stereocenters. The second kappa shape index (κ2) is 4.53. The third-order valence-corrected chi connectivity index (χ3v) is 2.84. The molecule has 1 aliphatic rings. The lowest BCUT2D eigenvalue weighted by molar-refractivity contribution is -0.384. The van der Waals surface area contributed by atoms with Gasteiger partial charge in [0.15, 0.2) is 0 Å². The highest BCUT2D eigenvalue weighted by molar-refractivity contribution is 5.99. The standard InChI is InChI=1S/C12H15N3O2/c1-9-7-13-12(14(2)8-9)10-3-5-11(6-4-10)15(16)17/h3-6,9H,7-8H2,1-2H3. The van der Waals surface area contributed by atoms with E-state index in [0.717, 1.165) is 24.5 Å². The van der Waals surface area contributed by atoms with Crippen LogP contribution in [0.4, 0.5) is 5.69 Å². The molecule has 0 spiro atoms. The normalized spacial score (nSPS) is 20.0. The Hall–Kier alpha value is -1.91. The first-order chi connectivity index (χ1) is 8.08. The van der Waals surface area contributed by atoms with Crippen LogP contribution in [0.5, 0.6) is 0 Å². The average Bonchev–Trinajstić information content (AvgIpc) is 2.29. The first-order valence-electron chi connectivity index (χ1n) is 5.58. The molecule has 0 fully saturated rings. The zero-order valence-electron chi connectivity index (χ0n) is 9.96. The van der Waals surface area contributed by atoms with Gasteiger partial charge in [-0.05, 0) is 18.1 Å². The maximum Gasteiger partial charge on any atom is 0.269 e. The van der Waals surface area contributed by atoms with Gasteiger partial charge < -0.3 is 4.90 Å². The van der Waals surface area contributed by atoms with Crippen LogP contribution >= 0.6 is 0 Å². The van der Waals surface area contributed by atoms with Crippen molar-refractivity contribution in [2.24, 2.45) is 10.9 Å². The van der Waals surface area contributed by atoms with E-state index in [-0.39, 0.29) is 5.69 Å². The fraction of sp³-hybridized carbons (Fsp3) is 0.417. The minimum Gasteiger partial charge on any atom is -0.359 e. The Morgan fingerprint density at radius 1 is 1.41 bits per heavy atom. The predicted molar refractivity (Wildman–Crippen MR) is 66.3 cm³/mol. The molecule has 0 saturated heterocycles. The molecule has 0 aliphatic carbocycles. The van der Waals surface area contributed by atoms with Crippen molar-refractivity contribution < 1.29 is 4.92 Å². The summed E-state index contributed by atoms with van der Waals surface area (Å²) >= 11 is 0. The number of nitro benzene ring substituents is 1. The van der Waals surface area contributed by atoms with Crippen LogP contribution in [-0.2, 0) is 0 Å². The monoisotopic (exact) mass is 233 g/mol. The minimum atomic E-state index is -0.391. The van der Waals surface area contributed by atoms with E-state index >= 15 is 0 Å². The maximum atomic E-state index is 10.6. The van der Waals surface area contributed by atoms with Crippen molar-refractivity contribution in [3.8, 4) is 0 Å². The Morgan fingerprint density at radius 2 is 2.06 bits per heavy atom. The van der Waals surface area contributed by atoms with E-state index in [1.807, 2.05) is 7.05 Å². The van der Waals surface area contributed by atoms with Gasteiger partial charge in [-0.3, -0.25) is 15.1 Å². The summed E-state index contributed by atoms with van der Waals surface area (Å²) in [5.74, 6) is 1.47. The van der Waals surface area contributed by atoms with Crippen LogP contribution in [0.15, 0.2) is 29.3 Å². The summed E-state index contributed by atoms with van der Waals surface area (Å²) in [5.41, 5.74) is 1.05. The van der Waals surface area contributed by atoms with Crippen molar-refractivity contribution in [3.63, 3.8) is 0 Å². The summed E-state index contributed by atoms with van der Waals surface area (Å²) in [6.07, 6.45) is 0. The van der Waals surface area contributed by atoms with Crippen molar-refractivity contribution in [3.05, 3.63) is 39.9 Å². The number of nitrogens with zero attached hydrogens (tertiary/aromatic N) is 3. The molecule has 0 bridgehead atoms. The Morgan fingerprint density at radius 3 is 2.59 bits per heavy atom. The lowest BCUT2D eigenvalue weighted by atomic mass is 10.1. The van der Waals surface area contributed by atoms with E-state index in [0.29, 0.717) is 5.92 Å². The summed E-state index contributed by atoms with van der Waals surface area (Å²) in [6, 6.07) is 6.54. The second-order valence-corrected chi connectivity index (χ2v) is 4.45. The van der Waals surface area contributed by atoms with E-state index in [4.69, 9.17) is 0 Å². The van der Waals surface area contributed by atoms with Crippen molar-refractivity contribution in [2.45, 2.75) is 6.92 Å². The van der Waals surface area contributed by atoms with Gasteiger partial charge in [-0.15, -0.1) is 0 Å². The SMILES string of the molecule is CC1CN=C(c2ccc([N+](=O)[O-])cc2)N(C)C1. The van der Waals surface area contributed by atoms with Gasteiger partial charge in [-0.2, -0.15) is 0 Å². The summed E-state index contributed by atoms with van der Waals surface area (Å²) in [4.78, 5) is 16.8. The van der Waals surface area contributed by atoms with Crippen LogP contribution in [-0.4, -0.2) is 35.8 Å². The third-order valence-electron chi connectivity index (χ3n) is 2.84. The number of hydrogen-bond donors (Lipinski definition) is 0. The van der Waals surface area contributed by atoms with Gasteiger partial charge in [0.05, 0.1) is 4.92 Å². The average molecular weight is 233 g/mol. The van der Waals surface area contributed by atoms with Crippen LogP contribution in [0, 0.1) is 16.0 Å². The number of rotatable bonds is 2. The topological polar surface area (TPSA) is 58.7 Å². The van der Waals surface area contributed by atoms with Crippen LogP contribution in [0.2, 0.25) is 0 Å². The predicted octanol–water partition coefficient (Wildman–Crippen LogP) is 1.92. The van der Waals surface area contributed by atoms with Gasteiger partial charge in [0.25, 0.3) is 5.69 Å². The van der Waals surface area contributed by atoms with E-state index < -0.39 is 4.92 Å². The molecule has 90 valence electrons. The number of benzene rings is 1. The molecule has 1 aromatic carbocycles. The molecule has 1 heterocycles. The smallest absolute Gasteiger partial charge is 0.269 e. The molecule has 0 radical (unpaired) electrons. The van der Waals surface area contributed by atoms with Crippen LogP contribution in [0.1, 0.15) is 12.5 Å². The molecule has 5 heteroatoms. The first kappa shape index (κ1) is 11.6. The molecule has 1 aliphatic heterocycles.